The predicted octanol–water partition coefficient (Wildman–Crippen LogP) is 4.02. The van der Waals surface area contributed by atoms with Gasteiger partial charge in [-0.1, -0.05) is 17.7 Å². The first-order chi connectivity index (χ1) is 8.48. The fourth-order valence-corrected chi connectivity index (χ4v) is 2.93. The van der Waals surface area contributed by atoms with Crippen LogP contribution in [-0.2, 0) is 10.3 Å². The zero-order valence-electron chi connectivity index (χ0n) is 10.0. The maximum absolute atomic E-state index is 14.1. The number of hydrogen-bond donors (Lipinski definition) is 1. The van der Waals surface area contributed by atoms with Gasteiger partial charge in [-0.2, -0.15) is 0 Å². The van der Waals surface area contributed by atoms with Crippen molar-refractivity contribution >= 4 is 27.5 Å². The lowest BCUT2D eigenvalue weighted by Crippen LogP contribution is -2.34. The zero-order valence-corrected chi connectivity index (χ0v) is 12.4. The van der Waals surface area contributed by atoms with E-state index in [1.165, 1.54) is 0 Å². The van der Waals surface area contributed by atoms with Crippen LogP contribution in [0.5, 0.6) is 0 Å². The maximum Gasteiger partial charge on any atom is 0.149 e. The summed E-state index contributed by atoms with van der Waals surface area (Å²) in [5.74, 6) is -0.538. The summed E-state index contributed by atoms with van der Waals surface area (Å²) in [7, 11) is 1.66. The SMILES string of the molecule is COC1CCC(O)(c2ccc(Br)c(Cl)c2F)CC1. The van der Waals surface area contributed by atoms with E-state index in [1.807, 2.05) is 0 Å². The lowest BCUT2D eigenvalue weighted by molar-refractivity contribution is -0.0493. The highest BCUT2D eigenvalue weighted by molar-refractivity contribution is 9.10. The molecule has 18 heavy (non-hydrogen) atoms. The Bertz CT molecular complexity index is 445. The number of benzene rings is 1. The highest BCUT2D eigenvalue weighted by Gasteiger charge is 2.37. The van der Waals surface area contributed by atoms with E-state index < -0.39 is 11.4 Å². The molecule has 2 nitrogen and oxygen atoms in total. The molecule has 1 aliphatic carbocycles. The van der Waals surface area contributed by atoms with Crippen LogP contribution in [-0.4, -0.2) is 18.3 Å². The summed E-state index contributed by atoms with van der Waals surface area (Å²) in [6, 6.07) is 3.26. The van der Waals surface area contributed by atoms with Gasteiger partial charge in [0.15, 0.2) is 0 Å². The van der Waals surface area contributed by atoms with Crippen molar-refractivity contribution in [2.24, 2.45) is 0 Å². The van der Waals surface area contributed by atoms with Gasteiger partial charge < -0.3 is 9.84 Å². The van der Waals surface area contributed by atoms with E-state index in [0.717, 1.165) is 12.8 Å². The molecule has 0 aromatic heterocycles. The summed E-state index contributed by atoms with van der Waals surface area (Å²) in [5.41, 5.74) is -0.853. The topological polar surface area (TPSA) is 29.5 Å². The Morgan fingerprint density at radius 1 is 1.44 bits per heavy atom. The van der Waals surface area contributed by atoms with Crippen LogP contribution in [0.2, 0.25) is 5.02 Å². The molecule has 0 amide bonds. The Hall–Kier alpha value is -0.160. The smallest absolute Gasteiger partial charge is 0.149 e. The number of halogens is 3. The maximum atomic E-state index is 14.1. The van der Waals surface area contributed by atoms with Gasteiger partial charge in [-0.05, 0) is 47.7 Å². The molecule has 1 fully saturated rings. The third kappa shape index (κ3) is 2.57. The van der Waals surface area contributed by atoms with Gasteiger partial charge in [0.1, 0.15) is 5.82 Å². The minimum absolute atomic E-state index is 0.0230. The van der Waals surface area contributed by atoms with Crippen LogP contribution < -0.4 is 0 Å². The second kappa shape index (κ2) is 5.45. The minimum atomic E-state index is -1.14. The Labute approximate surface area is 119 Å². The average molecular weight is 338 g/mol. The molecule has 5 heteroatoms. The van der Waals surface area contributed by atoms with Gasteiger partial charge in [0, 0.05) is 17.1 Å². The summed E-state index contributed by atoms with van der Waals surface area (Å²) in [5, 5.41) is 10.6. The Morgan fingerprint density at radius 2 is 2.06 bits per heavy atom. The minimum Gasteiger partial charge on any atom is -0.385 e. The second-order valence-corrected chi connectivity index (χ2v) is 5.92. The fourth-order valence-electron chi connectivity index (χ4n) is 2.46. The highest BCUT2D eigenvalue weighted by Crippen LogP contribution is 2.41. The van der Waals surface area contributed by atoms with Crippen molar-refractivity contribution in [3.8, 4) is 0 Å². The molecule has 0 unspecified atom stereocenters. The molecule has 0 bridgehead atoms. The number of hydrogen-bond acceptors (Lipinski definition) is 2. The third-order valence-electron chi connectivity index (χ3n) is 3.63. The summed E-state index contributed by atoms with van der Waals surface area (Å²) in [6.07, 6.45) is 2.57. The number of aliphatic hydroxyl groups is 1. The van der Waals surface area contributed by atoms with E-state index in [9.17, 15) is 9.50 Å². The van der Waals surface area contributed by atoms with Crippen LogP contribution in [0.25, 0.3) is 0 Å². The third-order valence-corrected chi connectivity index (χ3v) is 4.89. The molecule has 100 valence electrons. The molecule has 1 aliphatic rings. The normalized spacial score (nSPS) is 28.4. The lowest BCUT2D eigenvalue weighted by atomic mass is 9.78. The van der Waals surface area contributed by atoms with Crippen molar-refractivity contribution in [1.82, 2.24) is 0 Å². The molecule has 0 saturated heterocycles. The van der Waals surface area contributed by atoms with Gasteiger partial charge in [0.25, 0.3) is 0 Å². The van der Waals surface area contributed by atoms with E-state index in [-0.39, 0.29) is 16.7 Å². The molecule has 0 radical (unpaired) electrons. The second-order valence-electron chi connectivity index (χ2n) is 4.69. The molecule has 1 aromatic rings. The van der Waals surface area contributed by atoms with Gasteiger partial charge in [0.05, 0.1) is 16.7 Å². The van der Waals surface area contributed by atoms with Gasteiger partial charge in [-0.25, -0.2) is 4.39 Å². The average Bonchev–Trinajstić information content (AvgIpc) is 2.37. The Kier molecular flexibility index (Phi) is 4.32. The summed E-state index contributed by atoms with van der Waals surface area (Å²) < 4.78 is 19.9. The Balaban J connectivity index is 2.29. The van der Waals surface area contributed by atoms with Gasteiger partial charge in [-0.3, -0.25) is 0 Å². The lowest BCUT2D eigenvalue weighted by Gasteiger charge is -2.36. The number of methoxy groups -OCH3 is 1. The van der Waals surface area contributed by atoms with E-state index >= 15 is 0 Å². The first-order valence-electron chi connectivity index (χ1n) is 5.87. The van der Waals surface area contributed by atoms with Crippen molar-refractivity contribution in [3.63, 3.8) is 0 Å². The molecule has 0 heterocycles. The van der Waals surface area contributed by atoms with Gasteiger partial charge in [-0.15, -0.1) is 0 Å². The zero-order chi connectivity index (χ0) is 13.3. The number of rotatable bonds is 2. The Morgan fingerprint density at radius 3 is 2.61 bits per heavy atom. The van der Waals surface area contributed by atoms with Gasteiger partial charge >= 0.3 is 0 Å². The summed E-state index contributed by atoms with van der Waals surface area (Å²) in [6.45, 7) is 0. The van der Waals surface area contributed by atoms with Crippen LogP contribution >= 0.6 is 27.5 Å². The van der Waals surface area contributed by atoms with Crippen LogP contribution in [0.1, 0.15) is 31.2 Å². The largest absolute Gasteiger partial charge is 0.385 e. The summed E-state index contributed by atoms with van der Waals surface area (Å²) >= 11 is 9.03. The highest BCUT2D eigenvalue weighted by atomic mass is 79.9. The van der Waals surface area contributed by atoms with Crippen molar-refractivity contribution in [1.29, 1.82) is 0 Å². The molecule has 0 atom stereocenters. The standard InChI is InChI=1S/C13H15BrClFO2/c1-18-8-4-6-13(17,7-5-8)9-2-3-10(14)11(15)12(9)16/h2-3,8,17H,4-7H2,1H3. The molecular weight excluding hydrogens is 322 g/mol. The van der Waals surface area contributed by atoms with E-state index in [2.05, 4.69) is 15.9 Å². The van der Waals surface area contributed by atoms with E-state index in [4.69, 9.17) is 16.3 Å². The molecule has 1 saturated carbocycles. The van der Waals surface area contributed by atoms with Crippen molar-refractivity contribution in [2.75, 3.05) is 7.11 Å². The molecule has 0 spiro atoms. The number of ether oxygens (including phenoxy) is 1. The van der Waals surface area contributed by atoms with Crippen molar-refractivity contribution in [3.05, 3.63) is 33.0 Å². The first kappa shape index (κ1) is 14.3. The first-order valence-corrected chi connectivity index (χ1v) is 7.04. The predicted molar refractivity (Wildman–Crippen MR) is 72.3 cm³/mol. The van der Waals surface area contributed by atoms with Gasteiger partial charge in [0.2, 0.25) is 0 Å². The van der Waals surface area contributed by atoms with Crippen LogP contribution in [0, 0.1) is 5.82 Å². The molecule has 0 aliphatic heterocycles. The monoisotopic (exact) mass is 336 g/mol. The van der Waals surface area contributed by atoms with Crippen molar-refractivity contribution in [2.45, 2.75) is 37.4 Å². The fraction of sp³-hybridized carbons (Fsp3) is 0.538. The van der Waals surface area contributed by atoms with Crippen LogP contribution in [0.3, 0.4) is 0 Å². The van der Waals surface area contributed by atoms with E-state index in [0.29, 0.717) is 17.3 Å². The summed E-state index contributed by atoms with van der Waals surface area (Å²) in [4.78, 5) is 0. The van der Waals surface area contributed by atoms with Crippen LogP contribution in [0.4, 0.5) is 4.39 Å². The quantitative estimate of drug-likeness (QED) is 0.826. The molecule has 1 aromatic carbocycles. The van der Waals surface area contributed by atoms with Crippen molar-refractivity contribution < 1.29 is 14.2 Å². The molecule has 1 N–H and O–H groups in total. The molecular formula is C13H15BrClFO2. The van der Waals surface area contributed by atoms with Crippen LogP contribution in [0.15, 0.2) is 16.6 Å². The molecule has 2 rings (SSSR count). The van der Waals surface area contributed by atoms with E-state index in [1.54, 1.807) is 19.2 Å².